The maximum absolute atomic E-state index is 12.7. The van der Waals surface area contributed by atoms with Gasteiger partial charge >= 0.3 is 0 Å². The highest BCUT2D eigenvalue weighted by molar-refractivity contribution is 5.95. The molecule has 2 N–H and O–H groups in total. The zero-order valence-corrected chi connectivity index (χ0v) is 19.0. The van der Waals surface area contributed by atoms with Crippen molar-refractivity contribution in [3.63, 3.8) is 0 Å². The Labute approximate surface area is 175 Å². The minimum Gasteiger partial charge on any atom is -0.345 e. The third-order valence-corrected chi connectivity index (χ3v) is 4.52. The first-order valence-electron chi connectivity index (χ1n) is 10.3. The van der Waals surface area contributed by atoms with E-state index in [1.54, 1.807) is 4.90 Å². The van der Waals surface area contributed by atoms with Crippen LogP contribution in [-0.4, -0.2) is 41.8 Å². The number of carbonyl (C=O) groups excluding carboxylic acids is 3. The van der Waals surface area contributed by atoms with Crippen LogP contribution in [0.2, 0.25) is 0 Å². The molecule has 3 amide bonds. The number of nitrogens with one attached hydrogen (secondary N) is 2. The van der Waals surface area contributed by atoms with Gasteiger partial charge in [0.25, 0.3) is 0 Å². The van der Waals surface area contributed by atoms with Crippen molar-refractivity contribution in [3.05, 3.63) is 29.8 Å². The molecule has 0 saturated heterocycles. The predicted molar refractivity (Wildman–Crippen MR) is 118 cm³/mol. The maximum atomic E-state index is 12.7. The van der Waals surface area contributed by atoms with Crippen LogP contribution in [0.5, 0.6) is 0 Å². The zero-order valence-electron chi connectivity index (χ0n) is 19.0. The van der Waals surface area contributed by atoms with Crippen molar-refractivity contribution in [3.8, 4) is 0 Å². The summed E-state index contributed by atoms with van der Waals surface area (Å²) in [7, 11) is 0. The van der Waals surface area contributed by atoms with Gasteiger partial charge in [0.1, 0.15) is 0 Å². The predicted octanol–water partition coefficient (Wildman–Crippen LogP) is 3.75. The van der Waals surface area contributed by atoms with Gasteiger partial charge in [0.15, 0.2) is 0 Å². The van der Waals surface area contributed by atoms with E-state index in [2.05, 4.69) is 38.3 Å². The molecule has 1 rings (SSSR count). The molecular formula is C23H37N3O3. The van der Waals surface area contributed by atoms with Gasteiger partial charge in [-0.1, -0.05) is 45.4 Å². The Kier molecular flexibility index (Phi) is 9.34. The van der Waals surface area contributed by atoms with E-state index in [-0.39, 0.29) is 48.2 Å². The van der Waals surface area contributed by atoms with Gasteiger partial charge in [0.2, 0.25) is 17.7 Å². The molecule has 0 aliphatic heterocycles. The first-order valence-corrected chi connectivity index (χ1v) is 10.3. The van der Waals surface area contributed by atoms with Crippen molar-refractivity contribution in [1.29, 1.82) is 0 Å². The molecule has 6 heteroatoms. The Morgan fingerprint density at radius 2 is 1.59 bits per heavy atom. The van der Waals surface area contributed by atoms with Crippen molar-refractivity contribution in [2.75, 3.05) is 18.4 Å². The molecule has 0 spiro atoms. The molecule has 0 aromatic heterocycles. The van der Waals surface area contributed by atoms with Crippen LogP contribution in [0.25, 0.3) is 0 Å². The van der Waals surface area contributed by atoms with Gasteiger partial charge in [0.05, 0.1) is 13.1 Å². The molecule has 1 aromatic rings. The van der Waals surface area contributed by atoms with Gasteiger partial charge in [-0.15, -0.1) is 0 Å². The first kappa shape index (κ1) is 24.7. The SMILES string of the molecule is Cc1ccc(NC(=O)CNC(=O)CN(C(=O)CC(C)CC(C)(C)C)C(C)C)cc1. The topological polar surface area (TPSA) is 78.5 Å². The highest BCUT2D eigenvalue weighted by atomic mass is 16.2. The molecule has 1 atom stereocenters. The molecule has 0 fully saturated rings. The lowest BCUT2D eigenvalue weighted by molar-refractivity contribution is -0.138. The summed E-state index contributed by atoms with van der Waals surface area (Å²) < 4.78 is 0. The fourth-order valence-corrected chi connectivity index (χ4v) is 3.32. The van der Waals surface area contributed by atoms with Gasteiger partial charge in [-0.2, -0.15) is 0 Å². The minimum atomic E-state index is -0.338. The normalized spacial score (nSPS) is 12.4. The van der Waals surface area contributed by atoms with Crippen LogP contribution < -0.4 is 10.6 Å². The highest BCUT2D eigenvalue weighted by Crippen LogP contribution is 2.26. The van der Waals surface area contributed by atoms with E-state index >= 15 is 0 Å². The fourth-order valence-electron chi connectivity index (χ4n) is 3.32. The number of hydrogen-bond donors (Lipinski definition) is 2. The number of rotatable bonds is 9. The quantitative estimate of drug-likeness (QED) is 0.659. The van der Waals surface area contributed by atoms with Crippen LogP contribution in [0.1, 0.15) is 59.9 Å². The van der Waals surface area contributed by atoms with Gasteiger partial charge in [-0.25, -0.2) is 0 Å². The van der Waals surface area contributed by atoms with Gasteiger partial charge < -0.3 is 15.5 Å². The number of aryl methyl sites for hydroxylation is 1. The summed E-state index contributed by atoms with van der Waals surface area (Å²) in [6.07, 6.45) is 1.35. The van der Waals surface area contributed by atoms with Crippen LogP contribution in [-0.2, 0) is 14.4 Å². The smallest absolute Gasteiger partial charge is 0.243 e. The maximum Gasteiger partial charge on any atom is 0.243 e. The van der Waals surface area contributed by atoms with Crippen LogP contribution in [0.3, 0.4) is 0 Å². The number of benzene rings is 1. The molecule has 0 aliphatic carbocycles. The molecule has 0 aliphatic rings. The zero-order chi connectivity index (χ0) is 22.2. The van der Waals surface area contributed by atoms with Crippen molar-refractivity contribution in [2.45, 2.75) is 67.3 Å². The Bertz CT molecular complexity index is 690. The number of carbonyl (C=O) groups is 3. The van der Waals surface area contributed by atoms with Gasteiger partial charge in [-0.05, 0) is 50.7 Å². The molecule has 162 valence electrons. The van der Waals surface area contributed by atoms with E-state index in [9.17, 15) is 14.4 Å². The molecule has 6 nitrogen and oxygen atoms in total. The summed E-state index contributed by atoms with van der Waals surface area (Å²) in [5, 5.41) is 5.34. The van der Waals surface area contributed by atoms with Crippen molar-refractivity contribution >= 4 is 23.4 Å². The van der Waals surface area contributed by atoms with E-state index in [0.29, 0.717) is 12.1 Å². The molecule has 1 aromatic carbocycles. The molecular weight excluding hydrogens is 366 g/mol. The third-order valence-electron chi connectivity index (χ3n) is 4.52. The minimum absolute atomic E-state index is 0.0315. The number of anilines is 1. The summed E-state index contributed by atoms with van der Waals surface area (Å²) in [4.78, 5) is 38.6. The van der Waals surface area contributed by atoms with E-state index < -0.39 is 0 Å². The largest absolute Gasteiger partial charge is 0.345 e. The Morgan fingerprint density at radius 3 is 2.10 bits per heavy atom. The lowest BCUT2D eigenvalue weighted by Crippen LogP contribution is -2.46. The average Bonchev–Trinajstić information content (AvgIpc) is 2.57. The summed E-state index contributed by atoms with van der Waals surface area (Å²) >= 11 is 0. The summed E-state index contributed by atoms with van der Waals surface area (Å²) in [6, 6.07) is 7.35. The van der Waals surface area contributed by atoms with E-state index in [1.165, 1.54) is 0 Å². The number of hydrogen-bond acceptors (Lipinski definition) is 3. The molecule has 0 heterocycles. The molecule has 0 bridgehead atoms. The second-order valence-corrected chi connectivity index (χ2v) is 9.38. The van der Waals surface area contributed by atoms with Crippen LogP contribution in [0.15, 0.2) is 24.3 Å². The fraction of sp³-hybridized carbons (Fsp3) is 0.609. The monoisotopic (exact) mass is 403 g/mol. The van der Waals surface area contributed by atoms with Crippen LogP contribution >= 0.6 is 0 Å². The summed E-state index contributed by atoms with van der Waals surface area (Å²) in [5.41, 5.74) is 1.94. The first-order chi connectivity index (χ1) is 13.4. The molecule has 0 radical (unpaired) electrons. The van der Waals surface area contributed by atoms with Crippen LogP contribution in [0.4, 0.5) is 5.69 Å². The second-order valence-electron chi connectivity index (χ2n) is 9.38. The lowest BCUT2D eigenvalue weighted by Gasteiger charge is -2.29. The lowest BCUT2D eigenvalue weighted by atomic mass is 9.84. The molecule has 1 unspecified atom stereocenters. The summed E-state index contributed by atoms with van der Waals surface area (Å²) in [6.45, 7) is 14.1. The summed E-state index contributed by atoms with van der Waals surface area (Å²) in [5.74, 6) is -0.430. The Balaban J connectivity index is 2.51. The van der Waals surface area contributed by atoms with Gasteiger partial charge in [0, 0.05) is 18.2 Å². The molecule has 29 heavy (non-hydrogen) atoms. The van der Waals surface area contributed by atoms with Crippen molar-refractivity contribution in [1.82, 2.24) is 10.2 Å². The Morgan fingerprint density at radius 1 is 1.00 bits per heavy atom. The van der Waals surface area contributed by atoms with E-state index in [1.807, 2.05) is 45.0 Å². The van der Waals surface area contributed by atoms with E-state index in [0.717, 1.165) is 12.0 Å². The second kappa shape index (κ2) is 11.0. The van der Waals surface area contributed by atoms with Gasteiger partial charge in [-0.3, -0.25) is 14.4 Å². The standard InChI is InChI=1S/C23H37N3O3/c1-16(2)26(22(29)12-18(4)13-23(5,6)7)15-21(28)24-14-20(27)25-19-10-8-17(3)9-11-19/h8-11,16,18H,12-15H2,1-7H3,(H,24,28)(H,25,27). The van der Waals surface area contributed by atoms with Crippen molar-refractivity contribution in [2.24, 2.45) is 11.3 Å². The van der Waals surface area contributed by atoms with Crippen LogP contribution in [0, 0.1) is 18.3 Å². The van der Waals surface area contributed by atoms with Crippen molar-refractivity contribution < 1.29 is 14.4 Å². The number of nitrogens with zero attached hydrogens (tertiary/aromatic N) is 1. The Hall–Kier alpha value is -2.37. The third kappa shape index (κ3) is 10.1. The van der Waals surface area contributed by atoms with E-state index in [4.69, 9.17) is 0 Å². The molecule has 0 saturated carbocycles. The average molecular weight is 404 g/mol. The number of amides is 3. The highest BCUT2D eigenvalue weighted by Gasteiger charge is 2.24.